The van der Waals surface area contributed by atoms with Gasteiger partial charge < -0.3 is 10.1 Å². The number of ether oxygens (including phenoxy) is 1. The van der Waals surface area contributed by atoms with Crippen molar-refractivity contribution in [1.82, 2.24) is 10.2 Å². The molecule has 1 aromatic rings. The smallest absolute Gasteiger partial charge is 0.416 e. The molecule has 1 N–H and O–H groups in total. The topological polar surface area (TPSA) is 58.6 Å². The van der Waals surface area contributed by atoms with E-state index in [0.29, 0.717) is 13.1 Å². The van der Waals surface area contributed by atoms with Crippen LogP contribution in [-0.2, 0) is 20.5 Å². The minimum atomic E-state index is -4.49. The summed E-state index contributed by atoms with van der Waals surface area (Å²) in [6.07, 6.45) is -4.74. The van der Waals surface area contributed by atoms with Gasteiger partial charge in [0.05, 0.1) is 18.1 Å². The molecule has 0 radical (unpaired) electrons. The molecule has 1 rings (SSSR count). The Morgan fingerprint density at radius 1 is 1.19 bits per heavy atom. The Kier molecular flexibility index (Phi) is 8.75. The number of halogens is 3. The molecule has 0 spiro atoms. The van der Waals surface area contributed by atoms with Crippen molar-refractivity contribution in [2.24, 2.45) is 0 Å². The zero-order valence-electron chi connectivity index (χ0n) is 16.1. The zero-order valence-corrected chi connectivity index (χ0v) is 16.1. The molecule has 1 unspecified atom stereocenters. The molecule has 1 atom stereocenters. The molecule has 1 amide bonds. The molecule has 0 fully saturated rings. The van der Waals surface area contributed by atoms with Crippen LogP contribution in [0.25, 0.3) is 0 Å². The molecule has 0 saturated carbocycles. The van der Waals surface area contributed by atoms with Gasteiger partial charge in [-0.15, -0.1) is 0 Å². The summed E-state index contributed by atoms with van der Waals surface area (Å²) in [5.74, 6) is -0.890. The van der Waals surface area contributed by atoms with E-state index in [4.69, 9.17) is 4.74 Å². The Labute approximate surface area is 157 Å². The summed E-state index contributed by atoms with van der Waals surface area (Å²) in [6.45, 7) is 8.14. The predicted octanol–water partition coefficient (Wildman–Crippen LogP) is 3.55. The molecule has 0 aliphatic heterocycles. The molecular weight excluding hydrogens is 361 g/mol. The van der Waals surface area contributed by atoms with Crippen molar-refractivity contribution >= 4 is 11.9 Å². The van der Waals surface area contributed by atoms with Gasteiger partial charge in [0, 0.05) is 6.54 Å². The van der Waals surface area contributed by atoms with Gasteiger partial charge in [-0.1, -0.05) is 26.0 Å². The quantitative estimate of drug-likeness (QED) is 0.658. The first kappa shape index (κ1) is 23.0. The maximum Gasteiger partial charge on any atom is 0.416 e. The number of hydrogen-bond donors (Lipinski definition) is 1. The van der Waals surface area contributed by atoms with E-state index < -0.39 is 29.7 Å². The number of nitrogens with zero attached hydrogens (tertiary/aromatic N) is 1. The van der Waals surface area contributed by atoms with E-state index in [9.17, 15) is 22.8 Å². The van der Waals surface area contributed by atoms with Gasteiger partial charge in [-0.2, -0.15) is 13.2 Å². The van der Waals surface area contributed by atoms with Crippen LogP contribution in [-0.4, -0.2) is 42.5 Å². The third kappa shape index (κ3) is 7.21. The fourth-order valence-electron chi connectivity index (χ4n) is 2.71. The predicted molar refractivity (Wildman–Crippen MR) is 96.0 cm³/mol. The van der Waals surface area contributed by atoms with Gasteiger partial charge in [0.1, 0.15) is 6.04 Å². The summed E-state index contributed by atoms with van der Waals surface area (Å²) < 4.78 is 44.1. The monoisotopic (exact) mass is 388 g/mol. The minimum Gasteiger partial charge on any atom is -0.463 e. The number of carbonyl (C=O) groups excluding carboxylic acids is 2. The molecule has 8 heteroatoms. The van der Waals surface area contributed by atoms with Crippen molar-refractivity contribution in [2.45, 2.75) is 52.4 Å². The lowest BCUT2D eigenvalue weighted by Gasteiger charge is -2.29. The Hall–Kier alpha value is -2.09. The summed E-state index contributed by atoms with van der Waals surface area (Å²) in [7, 11) is 0. The van der Waals surface area contributed by atoms with Gasteiger partial charge in [-0.05, 0) is 44.6 Å². The van der Waals surface area contributed by atoms with Crippen molar-refractivity contribution in [1.29, 1.82) is 0 Å². The first-order chi connectivity index (χ1) is 12.6. The number of likely N-dealkylation sites (N-methyl/N-ethyl adjacent to an activating group) is 1. The molecule has 0 bridgehead atoms. The first-order valence-electron chi connectivity index (χ1n) is 8.98. The highest BCUT2D eigenvalue weighted by Crippen LogP contribution is 2.32. The normalized spacial score (nSPS) is 12.9. The number of nitrogens with one attached hydrogen (secondary N) is 1. The summed E-state index contributed by atoms with van der Waals surface area (Å²) in [5.41, 5.74) is -0.541. The van der Waals surface area contributed by atoms with E-state index in [1.54, 1.807) is 18.7 Å². The fourth-order valence-corrected chi connectivity index (χ4v) is 2.71. The lowest BCUT2D eigenvalue weighted by Crippen LogP contribution is -2.41. The molecule has 0 heterocycles. The largest absolute Gasteiger partial charge is 0.463 e. The highest BCUT2D eigenvalue weighted by atomic mass is 19.4. The third-order valence-electron chi connectivity index (χ3n) is 3.95. The second kappa shape index (κ2) is 10.3. The van der Waals surface area contributed by atoms with E-state index in [0.717, 1.165) is 12.1 Å². The van der Waals surface area contributed by atoms with E-state index >= 15 is 0 Å². The van der Waals surface area contributed by atoms with Crippen molar-refractivity contribution in [3.63, 3.8) is 0 Å². The number of benzene rings is 1. The molecule has 0 saturated heterocycles. The summed E-state index contributed by atoms with van der Waals surface area (Å²) in [4.78, 5) is 26.0. The van der Waals surface area contributed by atoms with Crippen LogP contribution >= 0.6 is 0 Å². The van der Waals surface area contributed by atoms with Gasteiger partial charge in [0.25, 0.3) is 0 Å². The number of alkyl halides is 3. The van der Waals surface area contributed by atoms with Crippen LogP contribution < -0.4 is 5.32 Å². The summed E-state index contributed by atoms with van der Waals surface area (Å²) in [5, 5.41) is 2.63. The zero-order chi connectivity index (χ0) is 20.6. The van der Waals surface area contributed by atoms with Crippen LogP contribution in [0.1, 0.15) is 51.3 Å². The van der Waals surface area contributed by atoms with Crippen LogP contribution in [0, 0.1) is 0 Å². The standard InChI is InChI=1S/C19H27F3N2O3/c1-5-24(6-2)17(14-8-7-9-15(12-14)19(20,21)22)18(26)23-11-10-16(25)27-13(3)4/h7-9,12-13,17H,5-6,10-11H2,1-4H3,(H,23,26). The minimum absolute atomic E-state index is 0.00250. The Morgan fingerprint density at radius 3 is 2.33 bits per heavy atom. The average Bonchev–Trinajstić information content (AvgIpc) is 2.58. The van der Waals surface area contributed by atoms with Crippen molar-refractivity contribution in [3.8, 4) is 0 Å². The number of rotatable bonds is 9. The average molecular weight is 388 g/mol. The molecular formula is C19H27F3N2O3. The number of amides is 1. The summed E-state index contributed by atoms with van der Waals surface area (Å²) in [6, 6.07) is 3.90. The number of hydrogen-bond acceptors (Lipinski definition) is 4. The number of carbonyl (C=O) groups is 2. The van der Waals surface area contributed by atoms with E-state index in [2.05, 4.69) is 5.32 Å². The van der Waals surface area contributed by atoms with E-state index in [-0.39, 0.29) is 24.6 Å². The molecule has 5 nitrogen and oxygen atoms in total. The maximum absolute atomic E-state index is 13.0. The molecule has 0 aromatic heterocycles. The molecule has 152 valence electrons. The number of esters is 1. The molecule has 0 aliphatic carbocycles. The van der Waals surface area contributed by atoms with E-state index in [1.807, 2.05) is 13.8 Å². The molecule has 27 heavy (non-hydrogen) atoms. The molecule has 0 aliphatic rings. The SMILES string of the molecule is CCN(CC)C(C(=O)NCCC(=O)OC(C)C)c1cccc(C(F)(F)F)c1. The van der Waals surface area contributed by atoms with E-state index in [1.165, 1.54) is 12.1 Å². The first-order valence-corrected chi connectivity index (χ1v) is 8.98. The Balaban J connectivity index is 2.95. The van der Waals surface area contributed by atoms with Crippen LogP contribution in [0.4, 0.5) is 13.2 Å². The van der Waals surface area contributed by atoms with Gasteiger partial charge in [-0.25, -0.2) is 0 Å². The van der Waals surface area contributed by atoms with Crippen LogP contribution in [0.5, 0.6) is 0 Å². The Morgan fingerprint density at radius 2 is 1.81 bits per heavy atom. The van der Waals surface area contributed by atoms with Crippen molar-refractivity contribution in [3.05, 3.63) is 35.4 Å². The maximum atomic E-state index is 13.0. The van der Waals surface area contributed by atoms with Gasteiger partial charge >= 0.3 is 12.1 Å². The Bertz CT molecular complexity index is 629. The van der Waals surface area contributed by atoms with Crippen LogP contribution in [0.2, 0.25) is 0 Å². The summed E-state index contributed by atoms with van der Waals surface area (Å²) >= 11 is 0. The van der Waals surface area contributed by atoms with Crippen molar-refractivity contribution in [2.75, 3.05) is 19.6 Å². The van der Waals surface area contributed by atoms with Crippen LogP contribution in [0.15, 0.2) is 24.3 Å². The highest BCUT2D eigenvalue weighted by molar-refractivity contribution is 5.83. The second-order valence-corrected chi connectivity index (χ2v) is 6.33. The second-order valence-electron chi connectivity index (χ2n) is 6.33. The van der Waals surface area contributed by atoms with Crippen LogP contribution in [0.3, 0.4) is 0 Å². The van der Waals surface area contributed by atoms with Gasteiger partial charge in [-0.3, -0.25) is 14.5 Å². The fraction of sp³-hybridized carbons (Fsp3) is 0.579. The lowest BCUT2D eigenvalue weighted by molar-refractivity contribution is -0.147. The third-order valence-corrected chi connectivity index (χ3v) is 3.95. The highest BCUT2D eigenvalue weighted by Gasteiger charge is 2.33. The molecule has 1 aromatic carbocycles. The van der Waals surface area contributed by atoms with Crippen molar-refractivity contribution < 1.29 is 27.5 Å². The van der Waals surface area contributed by atoms with Gasteiger partial charge in [0.15, 0.2) is 0 Å². The van der Waals surface area contributed by atoms with Gasteiger partial charge in [0.2, 0.25) is 5.91 Å². The lowest BCUT2D eigenvalue weighted by atomic mass is 10.0.